The van der Waals surface area contributed by atoms with Gasteiger partial charge in [0, 0.05) is 34.8 Å². The molecule has 0 spiro atoms. The molecule has 0 bridgehead atoms. The molecule has 28 heavy (non-hydrogen) atoms. The maximum atomic E-state index is 6.10. The number of aromatic nitrogens is 4. The first-order valence-electron chi connectivity index (χ1n) is 10.1. The third-order valence-electron chi connectivity index (χ3n) is 5.70. The zero-order valence-corrected chi connectivity index (χ0v) is 16.4. The molecule has 0 saturated heterocycles. The lowest BCUT2D eigenvalue weighted by atomic mass is 9.86. The van der Waals surface area contributed by atoms with E-state index in [9.17, 15) is 0 Å². The Balaban J connectivity index is 1.35. The Bertz CT molecular complexity index is 929. The molecule has 2 aliphatic rings. The largest absolute Gasteiger partial charge is 0.474 e. The Morgan fingerprint density at radius 2 is 1.46 bits per heavy atom. The second-order valence-electron chi connectivity index (χ2n) is 7.76. The van der Waals surface area contributed by atoms with Crippen molar-refractivity contribution in [2.75, 3.05) is 0 Å². The highest BCUT2D eigenvalue weighted by molar-refractivity contribution is 6.30. The van der Waals surface area contributed by atoms with Gasteiger partial charge in [0.15, 0.2) is 0 Å². The minimum atomic E-state index is 0.223. The topological polar surface area (TPSA) is 52.8 Å². The summed E-state index contributed by atoms with van der Waals surface area (Å²) in [5.74, 6) is 3.84. The molecule has 2 fully saturated rings. The smallest absolute Gasteiger partial charge is 0.213 e. The molecule has 144 valence electrons. The van der Waals surface area contributed by atoms with Crippen LogP contribution in [0.5, 0.6) is 5.88 Å². The monoisotopic (exact) mass is 394 g/mol. The van der Waals surface area contributed by atoms with Gasteiger partial charge in [0.25, 0.3) is 0 Å². The first-order valence-corrected chi connectivity index (χ1v) is 10.4. The molecule has 0 atom stereocenters. The van der Waals surface area contributed by atoms with E-state index in [0.29, 0.717) is 17.7 Å². The summed E-state index contributed by atoms with van der Waals surface area (Å²) in [5.41, 5.74) is 1.11. The van der Waals surface area contributed by atoms with E-state index < -0.39 is 0 Å². The highest BCUT2D eigenvalue weighted by Crippen LogP contribution is 2.42. The van der Waals surface area contributed by atoms with Crippen molar-refractivity contribution in [3.05, 3.63) is 65.3 Å². The molecule has 1 aromatic carbocycles. The molecule has 0 unspecified atom stereocenters. The predicted molar refractivity (Wildman–Crippen MR) is 108 cm³/mol. The fourth-order valence-corrected chi connectivity index (χ4v) is 4.19. The fourth-order valence-electron chi connectivity index (χ4n) is 4.06. The number of rotatable bonds is 5. The molecule has 2 aromatic heterocycles. The maximum Gasteiger partial charge on any atom is 0.213 e. The number of pyridine rings is 1. The van der Waals surface area contributed by atoms with Gasteiger partial charge in [0.1, 0.15) is 17.8 Å². The summed E-state index contributed by atoms with van der Waals surface area (Å²) < 4.78 is 8.33. The average Bonchev–Trinajstić information content (AvgIpc) is 3.49. The summed E-state index contributed by atoms with van der Waals surface area (Å²) in [6, 6.07) is 13.8. The third kappa shape index (κ3) is 3.63. The SMILES string of the molecule is Clc1ccc(-n2c(C3CCC(Oc4ccccn4)CC3)nnc2C2CC2)cc1. The molecular formula is C22H23ClN4O. The first kappa shape index (κ1) is 17.7. The van der Waals surface area contributed by atoms with Crippen LogP contribution in [0.2, 0.25) is 5.02 Å². The minimum Gasteiger partial charge on any atom is -0.474 e. The van der Waals surface area contributed by atoms with Crippen LogP contribution >= 0.6 is 11.6 Å². The second-order valence-corrected chi connectivity index (χ2v) is 8.20. The Labute approximate surface area is 169 Å². The fraction of sp³-hybridized carbons (Fsp3) is 0.409. The van der Waals surface area contributed by atoms with Gasteiger partial charge in [-0.25, -0.2) is 4.98 Å². The van der Waals surface area contributed by atoms with Crippen LogP contribution in [0.25, 0.3) is 5.69 Å². The second kappa shape index (κ2) is 7.55. The Morgan fingerprint density at radius 1 is 0.821 bits per heavy atom. The molecule has 0 amide bonds. The lowest BCUT2D eigenvalue weighted by molar-refractivity contribution is 0.139. The molecule has 2 heterocycles. The summed E-state index contributed by atoms with van der Waals surface area (Å²) in [4.78, 5) is 4.28. The van der Waals surface area contributed by atoms with Crippen LogP contribution in [0.1, 0.15) is 62.0 Å². The summed E-state index contributed by atoms with van der Waals surface area (Å²) in [6.45, 7) is 0. The van der Waals surface area contributed by atoms with Crippen molar-refractivity contribution in [1.29, 1.82) is 0 Å². The zero-order chi connectivity index (χ0) is 18.9. The average molecular weight is 395 g/mol. The number of ether oxygens (including phenoxy) is 1. The van der Waals surface area contributed by atoms with E-state index in [1.807, 2.05) is 30.3 Å². The minimum absolute atomic E-state index is 0.223. The van der Waals surface area contributed by atoms with E-state index in [1.165, 1.54) is 12.8 Å². The summed E-state index contributed by atoms with van der Waals surface area (Å²) in [6.07, 6.45) is 8.52. The Hall–Kier alpha value is -2.40. The summed E-state index contributed by atoms with van der Waals surface area (Å²) in [5, 5.41) is 9.96. The van der Waals surface area contributed by atoms with Crippen LogP contribution in [-0.4, -0.2) is 25.9 Å². The zero-order valence-electron chi connectivity index (χ0n) is 15.7. The molecule has 0 radical (unpaired) electrons. The first-order chi connectivity index (χ1) is 13.8. The van der Waals surface area contributed by atoms with Gasteiger partial charge < -0.3 is 4.74 Å². The third-order valence-corrected chi connectivity index (χ3v) is 5.96. The van der Waals surface area contributed by atoms with Gasteiger partial charge in [-0.1, -0.05) is 17.7 Å². The Kier molecular flexibility index (Phi) is 4.77. The van der Waals surface area contributed by atoms with Crippen molar-refractivity contribution in [2.45, 2.75) is 56.5 Å². The van der Waals surface area contributed by atoms with Gasteiger partial charge in [-0.05, 0) is 68.9 Å². The van der Waals surface area contributed by atoms with E-state index >= 15 is 0 Å². The quantitative estimate of drug-likeness (QED) is 0.589. The molecule has 5 nitrogen and oxygen atoms in total. The van der Waals surface area contributed by atoms with Crippen LogP contribution in [0, 0.1) is 0 Å². The highest BCUT2D eigenvalue weighted by Gasteiger charge is 2.34. The van der Waals surface area contributed by atoms with E-state index in [-0.39, 0.29) is 6.10 Å². The van der Waals surface area contributed by atoms with E-state index in [1.54, 1.807) is 6.20 Å². The van der Waals surface area contributed by atoms with Gasteiger partial charge >= 0.3 is 0 Å². The van der Waals surface area contributed by atoms with Crippen molar-refractivity contribution in [2.24, 2.45) is 0 Å². The summed E-state index contributed by atoms with van der Waals surface area (Å²) in [7, 11) is 0. The molecule has 0 N–H and O–H groups in total. The lowest BCUT2D eigenvalue weighted by Crippen LogP contribution is -2.25. The van der Waals surface area contributed by atoms with Crippen LogP contribution in [0.3, 0.4) is 0 Å². The molecule has 0 aliphatic heterocycles. The van der Waals surface area contributed by atoms with E-state index in [4.69, 9.17) is 16.3 Å². The molecular weight excluding hydrogens is 372 g/mol. The van der Waals surface area contributed by atoms with Crippen molar-refractivity contribution < 1.29 is 4.74 Å². The number of nitrogens with zero attached hydrogens (tertiary/aromatic N) is 4. The predicted octanol–water partition coefficient (Wildman–Crippen LogP) is 5.30. The van der Waals surface area contributed by atoms with Crippen molar-refractivity contribution in [3.63, 3.8) is 0 Å². The van der Waals surface area contributed by atoms with Crippen LogP contribution in [-0.2, 0) is 0 Å². The molecule has 5 rings (SSSR count). The van der Waals surface area contributed by atoms with Crippen LogP contribution < -0.4 is 4.74 Å². The van der Waals surface area contributed by atoms with Crippen molar-refractivity contribution in [3.8, 4) is 11.6 Å². The van der Waals surface area contributed by atoms with Gasteiger partial charge in [-0.3, -0.25) is 4.57 Å². The molecule has 3 aromatic rings. The highest BCUT2D eigenvalue weighted by atomic mass is 35.5. The molecule has 2 saturated carbocycles. The van der Waals surface area contributed by atoms with Crippen molar-refractivity contribution >= 4 is 11.6 Å². The van der Waals surface area contributed by atoms with Crippen LogP contribution in [0.15, 0.2) is 48.7 Å². The number of hydrogen-bond donors (Lipinski definition) is 0. The number of hydrogen-bond acceptors (Lipinski definition) is 4. The van der Waals surface area contributed by atoms with Crippen LogP contribution in [0.4, 0.5) is 0 Å². The maximum absolute atomic E-state index is 6.10. The van der Waals surface area contributed by atoms with E-state index in [2.05, 4.69) is 31.9 Å². The molecule has 6 heteroatoms. The van der Waals surface area contributed by atoms with Gasteiger partial charge in [0.2, 0.25) is 5.88 Å². The van der Waals surface area contributed by atoms with Gasteiger partial charge in [0.05, 0.1) is 0 Å². The van der Waals surface area contributed by atoms with Gasteiger partial charge in [-0.2, -0.15) is 0 Å². The summed E-state index contributed by atoms with van der Waals surface area (Å²) >= 11 is 6.10. The van der Waals surface area contributed by atoms with Gasteiger partial charge in [-0.15, -0.1) is 10.2 Å². The molecule has 2 aliphatic carbocycles. The number of halogens is 1. The lowest BCUT2D eigenvalue weighted by Gasteiger charge is -2.28. The normalized spacial score (nSPS) is 22.2. The standard InChI is InChI=1S/C22H23ClN4O/c23-17-8-10-18(11-9-17)27-21(15-4-5-15)25-26-22(27)16-6-12-19(13-7-16)28-20-3-1-2-14-24-20/h1-3,8-11,14-16,19H,4-7,12-13H2. The number of benzene rings is 1. The van der Waals surface area contributed by atoms with Crippen molar-refractivity contribution in [1.82, 2.24) is 19.7 Å². The Morgan fingerprint density at radius 3 is 2.04 bits per heavy atom. The van der Waals surface area contributed by atoms with E-state index in [0.717, 1.165) is 48.0 Å².